The van der Waals surface area contributed by atoms with Gasteiger partial charge in [0.15, 0.2) is 0 Å². The van der Waals surface area contributed by atoms with E-state index in [2.05, 4.69) is 10.4 Å². The molecule has 0 radical (unpaired) electrons. The fraction of sp³-hybridized carbons (Fsp3) is 0.333. The number of halogens is 1. The Morgan fingerprint density at radius 1 is 1.35 bits per heavy atom. The second-order valence-corrected chi connectivity index (χ2v) is 5.22. The van der Waals surface area contributed by atoms with Gasteiger partial charge in [-0.3, -0.25) is 9.48 Å². The molecule has 1 atom stereocenters. The second-order valence-electron chi connectivity index (χ2n) is 4.84. The van der Waals surface area contributed by atoms with Crippen molar-refractivity contribution < 1.29 is 4.79 Å². The summed E-state index contributed by atoms with van der Waals surface area (Å²) >= 11 is 6.07. The van der Waals surface area contributed by atoms with Crippen LogP contribution in [-0.4, -0.2) is 15.7 Å². The lowest BCUT2D eigenvalue weighted by atomic mass is 10.1. The summed E-state index contributed by atoms with van der Waals surface area (Å²) in [5.74, 6) is -0.0800. The van der Waals surface area contributed by atoms with E-state index in [9.17, 15) is 4.79 Å². The van der Waals surface area contributed by atoms with Crippen LogP contribution in [0, 0.1) is 13.8 Å². The van der Waals surface area contributed by atoms with Gasteiger partial charge in [-0.2, -0.15) is 5.10 Å². The molecule has 1 heterocycles. The van der Waals surface area contributed by atoms with E-state index in [4.69, 9.17) is 11.6 Å². The Morgan fingerprint density at radius 2 is 2.00 bits per heavy atom. The van der Waals surface area contributed by atoms with Crippen molar-refractivity contribution in [2.45, 2.75) is 33.4 Å². The highest BCUT2D eigenvalue weighted by molar-refractivity contribution is 6.31. The van der Waals surface area contributed by atoms with Crippen LogP contribution in [0.3, 0.4) is 0 Å². The quantitative estimate of drug-likeness (QED) is 0.941. The van der Waals surface area contributed by atoms with Crippen LogP contribution in [0.15, 0.2) is 30.3 Å². The van der Waals surface area contributed by atoms with E-state index in [1.807, 2.05) is 51.1 Å². The Labute approximate surface area is 123 Å². The smallest absolute Gasteiger partial charge is 0.242 e. The summed E-state index contributed by atoms with van der Waals surface area (Å²) in [6.07, 6.45) is 0. The number of carbonyl (C=O) groups excluding carboxylic acids is 1. The monoisotopic (exact) mass is 291 g/mol. The summed E-state index contributed by atoms with van der Waals surface area (Å²) in [6, 6.07) is 9.82. The first-order chi connectivity index (χ1) is 9.49. The van der Waals surface area contributed by atoms with Crippen LogP contribution in [-0.2, 0) is 11.3 Å². The van der Waals surface area contributed by atoms with Crippen molar-refractivity contribution >= 4 is 17.5 Å². The van der Waals surface area contributed by atoms with Crippen molar-refractivity contribution in [1.29, 1.82) is 0 Å². The standard InChI is InChI=1S/C15H18ClN3O/c1-10(13-7-5-4-6-8-13)17-14(20)9-19-12(3)15(16)11(2)18-19/h4-8,10H,9H2,1-3H3,(H,17,20). The second kappa shape index (κ2) is 6.09. The SMILES string of the molecule is Cc1nn(CC(=O)NC(C)c2ccccc2)c(C)c1Cl. The predicted octanol–water partition coefficient (Wildman–Crippen LogP) is 3.03. The molecule has 1 unspecified atom stereocenters. The van der Waals surface area contributed by atoms with Crippen LogP contribution in [0.1, 0.15) is 29.9 Å². The highest BCUT2D eigenvalue weighted by Crippen LogP contribution is 2.18. The zero-order valence-corrected chi connectivity index (χ0v) is 12.6. The Kier molecular flexibility index (Phi) is 4.45. The average molecular weight is 292 g/mol. The highest BCUT2D eigenvalue weighted by atomic mass is 35.5. The van der Waals surface area contributed by atoms with E-state index < -0.39 is 0 Å². The molecule has 106 valence electrons. The Hall–Kier alpha value is -1.81. The molecule has 20 heavy (non-hydrogen) atoms. The van der Waals surface area contributed by atoms with E-state index in [1.54, 1.807) is 4.68 Å². The zero-order valence-electron chi connectivity index (χ0n) is 11.9. The van der Waals surface area contributed by atoms with Gasteiger partial charge in [-0.25, -0.2) is 0 Å². The van der Waals surface area contributed by atoms with Gasteiger partial charge in [0, 0.05) is 0 Å². The topological polar surface area (TPSA) is 46.9 Å². The summed E-state index contributed by atoms with van der Waals surface area (Å²) in [7, 11) is 0. The summed E-state index contributed by atoms with van der Waals surface area (Å²) in [6.45, 7) is 5.82. The molecule has 0 aliphatic rings. The number of amides is 1. The van der Waals surface area contributed by atoms with Crippen molar-refractivity contribution in [2.75, 3.05) is 0 Å². The molecule has 1 N–H and O–H groups in total. The van der Waals surface area contributed by atoms with Crippen LogP contribution in [0.25, 0.3) is 0 Å². The molecule has 2 aromatic rings. The number of rotatable bonds is 4. The Balaban J connectivity index is 2.01. The van der Waals surface area contributed by atoms with Crippen LogP contribution in [0.2, 0.25) is 5.02 Å². The van der Waals surface area contributed by atoms with Crippen molar-refractivity contribution in [3.8, 4) is 0 Å². The molecule has 0 saturated carbocycles. The number of carbonyl (C=O) groups is 1. The number of nitrogens with one attached hydrogen (secondary N) is 1. The Bertz CT molecular complexity index is 607. The lowest BCUT2D eigenvalue weighted by Crippen LogP contribution is -2.30. The predicted molar refractivity (Wildman–Crippen MR) is 79.7 cm³/mol. The first kappa shape index (κ1) is 14.6. The molecule has 1 aromatic heterocycles. The average Bonchev–Trinajstić information content (AvgIpc) is 2.67. The van der Waals surface area contributed by atoms with E-state index in [-0.39, 0.29) is 18.5 Å². The zero-order chi connectivity index (χ0) is 14.7. The highest BCUT2D eigenvalue weighted by Gasteiger charge is 2.14. The van der Waals surface area contributed by atoms with Gasteiger partial charge < -0.3 is 5.32 Å². The lowest BCUT2D eigenvalue weighted by molar-refractivity contribution is -0.122. The van der Waals surface area contributed by atoms with Gasteiger partial charge in [-0.1, -0.05) is 41.9 Å². The summed E-state index contributed by atoms with van der Waals surface area (Å²) in [5, 5.41) is 7.83. The Morgan fingerprint density at radius 3 is 2.55 bits per heavy atom. The lowest BCUT2D eigenvalue weighted by Gasteiger charge is -2.14. The number of nitrogens with zero attached hydrogens (tertiary/aromatic N) is 2. The van der Waals surface area contributed by atoms with Gasteiger partial charge in [0.25, 0.3) is 0 Å². The molecule has 0 fully saturated rings. The minimum absolute atomic E-state index is 0.0314. The summed E-state index contributed by atoms with van der Waals surface area (Å²) in [5.41, 5.74) is 2.63. The van der Waals surface area contributed by atoms with Gasteiger partial charge >= 0.3 is 0 Å². The van der Waals surface area contributed by atoms with Crippen molar-refractivity contribution in [2.24, 2.45) is 0 Å². The molecule has 0 bridgehead atoms. The molecule has 5 heteroatoms. The largest absolute Gasteiger partial charge is 0.348 e. The van der Waals surface area contributed by atoms with Gasteiger partial charge in [0.1, 0.15) is 6.54 Å². The van der Waals surface area contributed by atoms with Gasteiger partial charge in [0.05, 0.1) is 22.5 Å². The molecule has 0 saturated heterocycles. The number of benzene rings is 1. The molecular formula is C15H18ClN3O. The number of hydrogen-bond donors (Lipinski definition) is 1. The van der Waals surface area contributed by atoms with Gasteiger partial charge in [-0.05, 0) is 26.3 Å². The molecule has 1 amide bonds. The van der Waals surface area contributed by atoms with Crippen molar-refractivity contribution in [1.82, 2.24) is 15.1 Å². The minimum atomic E-state index is -0.0800. The number of hydrogen-bond acceptors (Lipinski definition) is 2. The third kappa shape index (κ3) is 3.20. The van der Waals surface area contributed by atoms with Crippen molar-refractivity contribution in [3.05, 3.63) is 52.3 Å². The van der Waals surface area contributed by atoms with Crippen LogP contribution in [0.5, 0.6) is 0 Å². The normalized spacial score (nSPS) is 12.2. The van der Waals surface area contributed by atoms with E-state index in [0.717, 1.165) is 17.0 Å². The molecule has 4 nitrogen and oxygen atoms in total. The molecule has 0 aliphatic heterocycles. The third-order valence-electron chi connectivity index (χ3n) is 3.26. The van der Waals surface area contributed by atoms with Crippen LogP contribution < -0.4 is 5.32 Å². The maximum atomic E-state index is 12.1. The molecule has 2 rings (SSSR count). The maximum Gasteiger partial charge on any atom is 0.242 e. The summed E-state index contributed by atoms with van der Waals surface area (Å²) in [4.78, 5) is 12.1. The first-order valence-corrected chi connectivity index (χ1v) is 6.90. The van der Waals surface area contributed by atoms with E-state index >= 15 is 0 Å². The van der Waals surface area contributed by atoms with E-state index in [0.29, 0.717) is 5.02 Å². The maximum absolute atomic E-state index is 12.1. The fourth-order valence-corrected chi connectivity index (χ4v) is 2.21. The fourth-order valence-electron chi connectivity index (χ4n) is 2.08. The molecule has 0 spiro atoms. The van der Waals surface area contributed by atoms with E-state index in [1.165, 1.54) is 0 Å². The summed E-state index contributed by atoms with van der Waals surface area (Å²) < 4.78 is 1.63. The van der Waals surface area contributed by atoms with Crippen LogP contribution in [0.4, 0.5) is 0 Å². The van der Waals surface area contributed by atoms with Crippen LogP contribution >= 0.6 is 11.6 Å². The van der Waals surface area contributed by atoms with Gasteiger partial charge in [-0.15, -0.1) is 0 Å². The number of aromatic nitrogens is 2. The van der Waals surface area contributed by atoms with Crippen molar-refractivity contribution in [3.63, 3.8) is 0 Å². The third-order valence-corrected chi connectivity index (χ3v) is 3.81. The molecule has 1 aromatic carbocycles. The molecule has 0 aliphatic carbocycles. The number of aryl methyl sites for hydroxylation is 1. The van der Waals surface area contributed by atoms with Gasteiger partial charge in [0.2, 0.25) is 5.91 Å². The molecular weight excluding hydrogens is 274 g/mol. The first-order valence-electron chi connectivity index (χ1n) is 6.53. The minimum Gasteiger partial charge on any atom is -0.348 e.